The summed E-state index contributed by atoms with van der Waals surface area (Å²) in [5.74, 6) is -1.17. The molecule has 0 spiro atoms. The minimum absolute atomic E-state index is 0.00620. The maximum Gasteiger partial charge on any atom is 0.301 e. The van der Waals surface area contributed by atoms with Crippen molar-refractivity contribution in [1.29, 1.82) is 0 Å². The van der Waals surface area contributed by atoms with E-state index >= 15 is 0 Å². The molecule has 26 heavy (non-hydrogen) atoms. The molecule has 6 heteroatoms. The van der Waals surface area contributed by atoms with Gasteiger partial charge in [0.15, 0.2) is 5.76 Å². The van der Waals surface area contributed by atoms with Crippen molar-refractivity contribution < 1.29 is 19.4 Å². The molecule has 0 aromatic heterocycles. The standard InChI is InChI=1S/C20H20N2O4/c1-4-26-16-10-8-13(9-11-16)17-18(23)20(25)22(19(17)24)15-7-5-6-14(12-15)21(2)3/h5-12,23H,4H2,1-3H3. The molecule has 1 aliphatic heterocycles. The topological polar surface area (TPSA) is 70.1 Å². The number of aliphatic hydroxyl groups excluding tert-OH is 1. The van der Waals surface area contributed by atoms with E-state index in [1.54, 1.807) is 42.5 Å². The molecule has 1 heterocycles. The van der Waals surface area contributed by atoms with Crippen LogP contribution in [0.5, 0.6) is 5.75 Å². The van der Waals surface area contributed by atoms with Crippen LogP contribution in [0, 0.1) is 0 Å². The Balaban J connectivity index is 1.96. The number of carbonyl (C=O) groups is 2. The Hall–Kier alpha value is -3.28. The monoisotopic (exact) mass is 352 g/mol. The van der Waals surface area contributed by atoms with Gasteiger partial charge in [0.05, 0.1) is 17.9 Å². The van der Waals surface area contributed by atoms with E-state index in [1.807, 2.05) is 32.0 Å². The number of nitrogens with zero attached hydrogens (tertiary/aromatic N) is 2. The van der Waals surface area contributed by atoms with Gasteiger partial charge in [0, 0.05) is 19.8 Å². The van der Waals surface area contributed by atoms with E-state index in [2.05, 4.69) is 0 Å². The number of benzene rings is 2. The second-order valence-electron chi connectivity index (χ2n) is 6.04. The molecule has 0 saturated heterocycles. The van der Waals surface area contributed by atoms with E-state index in [1.165, 1.54) is 0 Å². The van der Waals surface area contributed by atoms with Crippen molar-refractivity contribution in [3.05, 3.63) is 59.9 Å². The molecule has 0 atom stereocenters. The quantitative estimate of drug-likeness (QED) is 0.838. The van der Waals surface area contributed by atoms with Gasteiger partial charge in [0.2, 0.25) is 0 Å². The molecule has 6 nitrogen and oxygen atoms in total. The van der Waals surface area contributed by atoms with Gasteiger partial charge in [0.1, 0.15) is 5.75 Å². The SMILES string of the molecule is CCOc1ccc(C2=C(O)C(=O)N(c3cccc(N(C)C)c3)C2=O)cc1. The molecule has 2 aromatic rings. The summed E-state index contributed by atoms with van der Waals surface area (Å²) in [6, 6.07) is 13.7. The van der Waals surface area contributed by atoms with Crippen molar-refractivity contribution in [2.24, 2.45) is 0 Å². The van der Waals surface area contributed by atoms with E-state index in [-0.39, 0.29) is 5.57 Å². The Morgan fingerprint density at radius 2 is 1.73 bits per heavy atom. The molecule has 0 saturated carbocycles. The summed E-state index contributed by atoms with van der Waals surface area (Å²) in [6.45, 7) is 2.40. The number of amides is 2. The zero-order chi connectivity index (χ0) is 18.8. The van der Waals surface area contributed by atoms with Gasteiger partial charge in [-0.05, 0) is 42.8 Å². The van der Waals surface area contributed by atoms with Crippen LogP contribution in [0.15, 0.2) is 54.3 Å². The number of hydrogen-bond acceptors (Lipinski definition) is 5. The number of imide groups is 1. The Labute approximate surface area is 151 Å². The van der Waals surface area contributed by atoms with Crippen LogP contribution in [0.3, 0.4) is 0 Å². The lowest BCUT2D eigenvalue weighted by Crippen LogP contribution is -2.31. The number of rotatable bonds is 5. The molecule has 1 N–H and O–H groups in total. The lowest BCUT2D eigenvalue weighted by Gasteiger charge is -2.18. The molecule has 0 radical (unpaired) electrons. The molecular weight excluding hydrogens is 332 g/mol. The molecule has 0 unspecified atom stereocenters. The third-order valence-electron chi connectivity index (χ3n) is 4.12. The van der Waals surface area contributed by atoms with Crippen molar-refractivity contribution >= 4 is 28.8 Å². The van der Waals surface area contributed by atoms with Crippen LogP contribution in [0.2, 0.25) is 0 Å². The van der Waals surface area contributed by atoms with Gasteiger partial charge in [-0.1, -0.05) is 18.2 Å². The predicted octanol–water partition coefficient (Wildman–Crippen LogP) is 2.99. The molecule has 2 amide bonds. The maximum atomic E-state index is 12.9. The summed E-state index contributed by atoms with van der Waals surface area (Å²) in [6.07, 6.45) is 0. The van der Waals surface area contributed by atoms with Gasteiger partial charge < -0.3 is 14.7 Å². The Kier molecular flexibility index (Phi) is 4.67. The minimum Gasteiger partial charge on any atom is -0.502 e. The van der Waals surface area contributed by atoms with Gasteiger partial charge in [-0.15, -0.1) is 0 Å². The highest BCUT2D eigenvalue weighted by atomic mass is 16.5. The van der Waals surface area contributed by atoms with Crippen LogP contribution in [0.25, 0.3) is 5.57 Å². The third-order valence-corrected chi connectivity index (χ3v) is 4.12. The van der Waals surface area contributed by atoms with E-state index in [4.69, 9.17) is 4.74 Å². The second-order valence-corrected chi connectivity index (χ2v) is 6.04. The van der Waals surface area contributed by atoms with Crippen molar-refractivity contribution in [3.63, 3.8) is 0 Å². The zero-order valence-electron chi connectivity index (χ0n) is 14.9. The lowest BCUT2D eigenvalue weighted by atomic mass is 10.1. The van der Waals surface area contributed by atoms with Crippen LogP contribution in [-0.2, 0) is 9.59 Å². The Morgan fingerprint density at radius 1 is 1.04 bits per heavy atom. The smallest absolute Gasteiger partial charge is 0.301 e. The number of aliphatic hydroxyl groups is 1. The van der Waals surface area contributed by atoms with Crippen LogP contribution >= 0.6 is 0 Å². The summed E-state index contributed by atoms with van der Waals surface area (Å²) in [7, 11) is 3.74. The van der Waals surface area contributed by atoms with Crippen LogP contribution in [0.4, 0.5) is 11.4 Å². The first-order valence-electron chi connectivity index (χ1n) is 8.26. The Bertz CT molecular complexity index is 885. The average Bonchev–Trinajstić information content (AvgIpc) is 2.85. The van der Waals surface area contributed by atoms with Gasteiger partial charge in [0.25, 0.3) is 5.91 Å². The number of hydrogen-bond donors (Lipinski definition) is 1. The summed E-state index contributed by atoms with van der Waals surface area (Å²) in [4.78, 5) is 28.2. The molecule has 2 aromatic carbocycles. The molecule has 0 fully saturated rings. The Morgan fingerprint density at radius 3 is 2.35 bits per heavy atom. The fourth-order valence-electron chi connectivity index (χ4n) is 2.81. The van der Waals surface area contributed by atoms with Gasteiger partial charge >= 0.3 is 5.91 Å². The normalized spacial score (nSPS) is 14.2. The largest absolute Gasteiger partial charge is 0.502 e. The van der Waals surface area contributed by atoms with Crippen molar-refractivity contribution in [2.45, 2.75) is 6.92 Å². The lowest BCUT2D eigenvalue weighted by molar-refractivity contribution is -0.121. The first kappa shape index (κ1) is 17.5. The van der Waals surface area contributed by atoms with Crippen molar-refractivity contribution in [1.82, 2.24) is 0 Å². The fraction of sp³-hybridized carbons (Fsp3) is 0.200. The summed E-state index contributed by atoms with van der Waals surface area (Å²) in [5, 5.41) is 10.3. The second kappa shape index (κ2) is 6.92. The van der Waals surface area contributed by atoms with Gasteiger partial charge in [-0.3, -0.25) is 9.59 Å². The highest BCUT2D eigenvalue weighted by molar-refractivity contribution is 6.44. The van der Waals surface area contributed by atoms with Crippen LogP contribution in [0.1, 0.15) is 12.5 Å². The van der Waals surface area contributed by atoms with Crippen molar-refractivity contribution in [2.75, 3.05) is 30.5 Å². The zero-order valence-corrected chi connectivity index (χ0v) is 14.9. The van der Waals surface area contributed by atoms with Gasteiger partial charge in [-0.25, -0.2) is 4.90 Å². The average molecular weight is 352 g/mol. The fourth-order valence-corrected chi connectivity index (χ4v) is 2.81. The molecule has 134 valence electrons. The van der Waals surface area contributed by atoms with Crippen LogP contribution < -0.4 is 14.5 Å². The van der Waals surface area contributed by atoms with E-state index in [0.717, 1.165) is 10.6 Å². The maximum absolute atomic E-state index is 12.9. The van der Waals surface area contributed by atoms with Crippen molar-refractivity contribution in [3.8, 4) is 5.75 Å². The minimum atomic E-state index is -0.727. The van der Waals surface area contributed by atoms with E-state index in [0.29, 0.717) is 23.6 Å². The van der Waals surface area contributed by atoms with Gasteiger partial charge in [-0.2, -0.15) is 0 Å². The molecule has 1 aliphatic rings. The van der Waals surface area contributed by atoms with Crippen LogP contribution in [-0.4, -0.2) is 37.6 Å². The highest BCUT2D eigenvalue weighted by Gasteiger charge is 2.40. The molecular formula is C20H20N2O4. The third kappa shape index (κ3) is 3.01. The first-order chi connectivity index (χ1) is 12.4. The summed E-state index contributed by atoms with van der Waals surface area (Å²) < 4.78 is 5.38. The molecule has 0 bridgehead atoms. The highest BCUT2D eigenvalue weighted by Crippen LogP contribution is 2.33. The molecule has 0 aliphatic carbocycles. The van der Waals surface area contributed by atoms with E-state index in [9.17, 15) is 14.7 Å². The summed E-state index contributed by atoms with van der Waals surface area (Å²) in [5.41, 5.74) is 1.72. The molecule has 3 rings (SSSR count). The van der Waals surface area contributed by atoms with E-state index < -0.39 is 17.6 Å². The number of ether oxygens (including phenoxy) is 1. The number of anilines is 2. The summed E-state index contributed by atoms with van der Waals surface area (Å²) >= 11 is 0. The number of carbonyl (C=O) groups excluding carboxylic acids is 2. The predicted molar refractivity (Wildman–Crippen MR) is 100 cm³/mol. The first-order valence-corrected chi connectivity index (χ1v) is 8.26.